The average molecular weight is 156 g/mol. The van der Waals surface area contributed by atoms with Crippen molar-refractivity contribution in [1.82, 2.24) is 0 Å². The van der Waals surface area contributed by atoms with Gasteiger partial charge in [0.2, 0.25) is 0 Å². The molecule has 0 fully saturated rings. The Morgan fingerprint density at radius 1 is 1.29 bits per heavy atom. The molecule has 0 unspecified atom stereocenters. The van der Waals surface area contributed by atoms with Crippen LogP contribution in [0.3, 0.4) is 0 Å². The van der Waals surface area contributed by atoms with E-state index in [0.717, 1.165) is 0 Å². The van der Waals surface area contributed by atoms with Crippen LogP contribution in [0.5, 0.6) is 0 Å². The largest absolute Gasteiger partial charge is 0.395 e. The first kappa shape index (κ1) is 10.5. The van der Waals surface area contributed by atoms with Crippen LogP contribution in [0, 0.1) is 0 Å². The average Bonchev–Trinajstić information content (AvgIpc) is 1.65. The van der Waals surface area contributed by atoms with E-state index in [0.29, 0.717) is 0 Å². The molecule has 4 N–H and O–H groups in total. The topological polar surface area (TPSA) is 66.5 Å². The minimum Gasteiger partial charge on any atom is -0.395 e. The number of aliphatic hydroxyl groups excluding tert-OH is 2. The zero-order chi connectivity index (χ0) is 4.99. The van der Waals surface area contributed by atoms with Crippen molar-refractivity contribution in [3.8, 4) is 0 Å². The number of hydrogen-bond acceptors (Lipinski definition) is 3. The van der Waals surface area contributed by atoms with Gasteiger partial charge < -0.3 is 15.9 Å². The van der Waals surface area contributed by atoms with Crippen molar-refractivity contribution in [3.05, 3.63) is 0 Å². The number of aliphatic hydroxyl groups is 2. The molecule has 0 radical (unpaired) electrons. The molecule has 0 rings (SSSR count). The van der Waals surface area contributed by atoms with Gasteiger partial charge >= 0.3 is 0 Å². The molecule has 0 saturated carbocycles. The standard InChI is InChI=1S/C3H9NO2.Zn/c4-3(1-5)2-6;/h3,5-6H,1-2,4H2;. The molecular formula is C3H9NO2Zn. The third-order valence-corrected chi connectivity index (χ3v) is 0.469. The van der Waals surface area contributed by atoms with E-state index in [9.17, 15) is 0 Å². The maximum Gasteiger partial charge on any atom is 0.0605 e. The van der Waals surface area contributed by atoms with Gasteiger partial charge in [-0.25, -0.2) is 0 Å². The van der Waals surface area contributed by atoms with E-state index in [2.05, 4.69) is 0 Å². The second kappa shape index (κ2) is 6.50. The van der Waals surface area contributed by atoms with Gasteiger partial charge in [0.15, 0.2) is 0 Å². The Morgan fingerprint density at radius 3 is 1.57 bits per heavy atom. The van der Waals surface area contributed by atoms with Crippen LogP contribution in [-0.4, -0.2) is 29.5 Å². The second-order valence-corrected chi connectivity index (χ2v) is 1.13. The summed E-state index contributed by atoms with van der Waals surface area (Å²) in [6.07, 6.45) is 0. The van der Waals surface area contributed by atoms with Crippen LogP contribution in [0.2, 0.25) is 0 Å². The van der Waals surface area contributed by atoms with Crippen LogP contribution in [0.4, 0.5) is 0 Å². The fraction of sp³-hybridized carbons (Fsp3) is 1.00. The molecule has 0 aliphatic rings. The summed E-state index contributed by atoms with van der Waals surface area (Å²) >= 11 is 0. The van der Waals surface area contributed by atoms with Crippen LogP contribution in [0.1, 0.15) is 0 Å². The van der Waals surface area contributed by atoms with Crippen molar-refractivity contribution in [3.63, 3.8) is 0 Å². The van der Waals surface area contributed by atoms with Gasteiger partial charge in [-0.15, -0.1) is 0 Å². The number of nitrogens with two attached hydrogens (primary N) is 1. The predicted molar refractivity (Wildman–Crippen MR) is 22.1 cm³/mol. The van der Waals surface area contributed by atoms with Crippen LogP contribution in [-0.2, 0) is 19.5 Å². The molecule has 0 aliphatic heterocycles. The fourth-order valence-electron chi connectivity index (χ4n) is 0.0577. The summed E-state index contributed by atoms with van der Waals surface area (Å²) in [6.45, 7) is -0.285. The van der Waals surface area contributed by atoms with Gasteiger partial charge in [-0.3, -0.25) is 0 Å². The summed E-state index contributed by atoms with van der Waals surface area (Å²) in [5.41, 5.74) is 4.97. The molecule has 0 aromatic rings. The summed E-state index contributed by atoms with van der Waals surface area (Å²) in [7, 11) is 0. The predicted octanol–water partition coefficient (Wildman–Crippen LogP) is -1.70. The van der Waals surface area contributed by atoms with Crippen LogP contribution in [0.25, 0.3) is 0 Å². The van der Waals surface area contributed by atoms with Gasteiger partial charge in [0, 0.05) is 19.5 Å². The third-order valence-electron chi connectivity index (χ3n) is 0.469. The molecule has 0 spiro atoms. The van der Waals surface area contributed by atoms with Crippen LogP contribution >= 0.6 is 0 Å². The maximum atomic E-state index is 8.05. The summed E-state index contributed by atoms with van der Waals surface area (Å²) in [6, 6.07) is -0.454. The molecule has 0 heterocycles. The zero-order valence-electron chi connectivity index (χ0n) is 4.17. The van der Waals surface area contributed by atoms with E-state index < -0.39 is 6.04 Å². The molecule has 0 amide bonds. The SMILES string of the molecule is NC(CO)CO.[Zn]. The van der Waals surface area contributed by atoms with E-state index in [-0.39, 0.29) is 32.7 Å². The van der Waals surface area contributed by atoms with E-state index in [1.54, 1.807) is 0 Å². The molecule has 40 valence electrons. The Bertz CT molecular complexity index is 32.1. The number of hydrogen-bond donors (Lipinski definition) is 3. The summed E-state index contributed by atoms with van der Waals surface area (Å²) in [5.74, 6) is 0. The van der Waals surface area contributed by atoms with Gasteiger partial charge in [-0.05, 0) is 0 Å². The Kier molecular flexibility index (Phi) is 9.73. The van der Waals surface area contributed by atoms with Gasteiger partial charge in [0.25, 0.3) is 0 Å². The molecule has 3 nitrogen and oxygen atoms in total. The van der Waals surface area contributed by atoms with E-state index in [1.807, 2.05) is 0 Å². The maximum absolute atomic E-state index is 8.05. The Morgan fingerprint density at radius 2 is 1.57 bits per heavy atom. The first-order valence-electron chi connectivity index (χ1n) is 1.78. The molecule has 0 bridgehead atoms. The smallest absolute Gasteiger partial charge is 0.0605 e. The normalized spacial score (nSPS) is 8.57. The first-order chi connectivity index (χ1) is 2.81. The molecule has 0 aliphatic carbocycles. The van der Waals surface area contributed by atoms with Crippen LogP contribution < -0.4 is 5.73 Å². The molecule has 0 atom stereocenters. The van der Waals surface area contributed by atoms with Crippen molar-refractivity contribution in [2.75, 3.05) is 13.2 Å². The van der Waals surface area contributed by atoms with Crippen molar-refractivity contribution >= 4 is 0 Å². The first-order valence-corrected chi connectivity index (χ1v) is 1.78. The quantitative estimate of drug-likeness (QED) is 0.418. The summed E-state index contributed by atoms with van der Waals surface area (Å²) < 4.78 is 0. The van der Waals surface area contributed by atoms with Crippen molar-refractivity contribution in [1.29, 1.82) is 0 Å². The van der Waals surface area contributed by atoms with Gasteiger partial charge in [-0.2, -0.15) is 0 Å². The van der Waals surface area contributed by atoms with Gasteiger partial charge in [-0.1, -0.05) is 0 Å². The Hall–Kier alpha value is 0.503. The fourth-order valence-corrected chi connectivity index (χ4v) is 0.0577. The summed E-state index contributed by atoms with van der Waals surface area (Å²) in [4.78, 5) is 0. The number of rotatable bonds is 2. The van der Waals surface area contributed by atoms with Crippen molar-refractivity contribution in [2.45, 2.75) is 6.04 Å². The van der Waals surface area contributed by atoms with Gasteiger partial charge in [0.1, 0.15) is 0 Å². The zero-order valence-corrected chi connectivity index (χ0v) is 7.14. The Labute approximate surface area is 55.3 Å². The van der Waals surface area contributed by atoms with Crippen molar-refractivity contribution in [2.24, 2.45) is 5.73 Å². The van der Waals surface area contributed by atoms with Crippen LogP contribution in [0.15, 0.2) is 0 Å². The minimum absolute atomic E-state index is 0. The van der Waals surface area contributed by atoms with Crippen molar-refractivity contribution < 1.29 is 29.7 Å². The van der Waals surface area contributed by atoms with E-state index in [4.69, 9.17) is 15.9 Å². The monoisotopic (exact) mass is 155 g/mol. The summed E-state index contributed by atoms with van der Waals surface area (Å²) in [5, 5.41) is 16.1. The third kappa shape index (κ3) is 6.50. The molecular weight excluding hydrogens is 147 g/mol. The second-order valence-electron chi connectivity index (χ2n) is 1.13. The molecule has 4 heteroatoms. The van der Waals surface area contributed by atoms with Gasteiger partial charge in [0.05, 0.1) is 19.3 Å². The van der Waals surface area contributed by atoms with E-state index >= 15 is 0 Å². The Balaban J connectivity index is 0. The molecule has 0 saturated heterocycles. The molecule has 7 heavy (non-hydrogen) atoms. The van der Waals surface area contributed by atoms with E-state index in [1.165, 1.54) is 0 Å². The molecule has 0 aromatic heterocycles. The molecule has 0 aromatic carbocycles. The minimum atomic E-state index is -0.454.